The molecule has 1 fully saturated rings. The lowest BCUT2D eigenvalue weighted by Crippen LogP contribution is -2.18. The van der Waals surface area contributed by atoms with E-state index in [4.69, 9.17) is 6.42 Å². The molecule has 1 aliphatic rings. The van der Waals surface area contributed by atoms with Crippen LogP contribution < -0.4 is 0 Å². The number of ether oxygens (including phenoxy) is 1. The van der Waals surface area contributed by atoms with Crippen LogP contribution in [0.1, 0.15) is 0 Å². The van der Waals surface area contributed by atoms with Crippen LogP contribution in [0.3, 0.4) is 0 Å². The average molecular weight is 142 g/mol. The summed E-state index contributed by atoms with van der Waals surface area (Å²) in [5.41, 5.74) is 0. The van der Waals surface area contributed by atoms with E-state index < -0.39 is 0 Å². The summed E-state index contributed by atoms with van der Waals surface area (Å²) < 4.78 is 4.66. The number of carbonyl (C=O) groups is 1. The second kappa shape index (κ2) is 2.79. The first-order chi connectivity index (χ1) is 4.33. The van der Waals surface area contributed by atoms with Crippen molar-refractivity contribution in [2.45, 2.75) is 0 Å². The Morgan fingerprint density at radius 3 is 3.11 bits per heavy atom. The Kier molecular flexibility index (Phi) is 2.01. The van der Waals surface area contributed by atoms with Crippen molar-refractivity contribution in [1.82, 2.24) is 0 Å². The van der Waals surface area contributed by atoms with Crippen molar-refractivity contribution in [3.63, 3.8) is 0 Å². The molecule has 0 bridgehead atoms. The maximum Gasteiger partial charge on any atom is 0.367 e. The van der Waals surface area contributed by atoms with E-state index in [0.717, 1.165) is 11.8 Å². The molecule has 3 heteroatoms. The topological polar surface area (TPSA) is 26.3 Å². The number of terminal acetylenes is 1. The van der Waals surface area contributed by atoms with Crippen LogP contribution in [0.4, 0.5) is 4.79 Å². The predicted octanol–water partition coefficient (Wildman–Crippen LogP) is 1.12. The highest BCUT2D eigenvalue weighted by atomic mass is 32.2. The van der Waals surface area contributed by atoms with Crippen molar-refractivity contribution in [3.05, 3.63) is 0 Å². The average Bonchev–Trinajstić information content (AvgIpc) is 1.90. The Morgan fingerprint density at radius 1 is 1.89 bits per heavy atom. The number of thioether (sulfide) groups is 1. The second-order valence-corrected chi connectivity index (χ2v) is 2.69. The minimum Gasteiger partial charge on any atom is -0.456 e. The van der Waals surface area contributed by atoms with Gasteiger partial charge in [-0.05, 0) is 11.8 Å². The normalized spacial score (nSPS) is 26.6. The van der Waals surface area contributed by atoms with Gasteiger partial charge >= 0.3 is 5.30 Å². The molecule has 1 heterocycles. The van der Waals surface area contributed by atoms with Gasteiger partial charge < -0.3 is 4.74 Å². The fourth-order valence-electron chi connectivity index (χ4n) is 0.523. The van der Waals surface area contributed by atoms with Crippen molar-refractivity contribution in [2.24, 2.45) is 5.92 Å². The molecule has 0 aromatic rings. The van der Waals surface area contributed by atoms with Crippen LogP contribution in [0.2, 0.25) is 0 Å². The highest BCUT2D eigenvalue weighted by molar-refractivity contribution is 8.13. The summed E-state index contributed by atoms with van der Waals surface area (Å²) in [6.45, 7) is 0.391. The number of cyclic esters (lactones) is 1. The molecule has 0 aromatic heterocycles. The molecule has 0 N–H and O–H groups in total. The minimum absolute atomic E-state index is 0.118. The summed E-state index contributed by atoms with van der Waals surface area (Å²) in [5.74, 6) is 3.35. The lowest BCUT2D eigenvalue weighted by Gasteiger charge is -2.14. The van der Waals surface area contributed by atoms with Gasteiger partial charge in [0.1, 0.15) is 6.61 Å². The molecule has 0 spiro atoms. The van der Waals surface area contributed by atoms with Gasteiger partial charge in [0.15, 0.2) is 0 Å². The van der Waals surface area contributed by atoms with Gasteiger partial charge in [0.2, 0.25) is 0 Å². The van der Waals surface area contributed by atoms with Crippen molar-refractivity contribution >= 4 is 17.1 Å². The van der Waals surface area contributed by atoms with E-state index in [-0.39, 0.29) is 11.2 Å². The quantitative estimate of drug-likeness (QED) is 0.374. The molecule has 48 valence electrons. The Hall–Kier alpha value is -0.620. The van der Waals surface area contributed by atoms with Crippen molar-refractivity contribution in [3.8, 4) is 12.3 Å². The van der Waals surface area contributed by atoms with E-state index in [1.165, 1.54) is 0 Å². The van der Waals surface area contributed by atoms with Crippen LogP contribution >= 0.6 is 11.8 Å². The molecule has 1 aliphatic heterocycles. The van der Waals surface area contributed by atoms with E-state index in [1.807, 2.05) is 0 Å². The third-order valence-corrected chi connectivity index (χ3v) is 1.96. The Bertz CT molecular complexity index is 149. The first-order valence-electron chi connectivity index (χ1n) is 2.58. The molecule has 1 atom stereocenters. The van der Waals surface area contributed by atoms with Crippen LogP contribution in [0.15, 0.2) is 0 Å². The van der Waals surface area contributed by atoms with E-state index >= 15 is 0 Å². The first-order valence-corrected chi connectivity index (χ1v) is 3.57. The third kappa shape index (κ3) is 1.65. The van der Waals surface area contributed by atoms with Crippen LogP contribution in [0.25, 0.3) is 0 Å². The first kappa shape index (κ1) is 6.50. The molecule has 1 saturated heterocycles. The molecule has 0 aliphatic carbocycles. The van der Waals surface area contributed by atoms with Gasteiger partial charge in [-0.1, -0.05) is 5.92 Å². The fourth-order valence-corrected chi connectivity index (χ4v) is 1.20. The largest absolute Gasteiger partial charge is 0.456 e. The maximum atomic E-state index is 10.4. The highest BCUT2D eigenvalue weighted by Gasteiger charge is 2.17. The Labute approximate surface area is 58.0 Å². The summed E-state index contributed by atoms with van der Waals surface area (Å²) in [7, 11) is 0. The van der Waals surface area contributed by atoms with Crippen molar-refractivity contribution in [1.29, 1.82) is 0 Å². The molecule has 0 saturated carbocycles. The molecule has 1 unspecified atom stereocenters. The molecule has 0 amide bonds. The van der Waals surface area contributed by atoms with E-state index in [9.17, 15) is 4.79 Å². The van der Waals surface area contributed by atoms with E-state index in [2.05, 4.69) is 10.7 Å². The highest BCUT2D eigenvalue weighted by Crippen LogP contribution is 2.17. The third-order valence-electron chi connectivity index (χ3n) is 1.04. The van der Waals surface area contributed by atoms with Crippen LogP contribution in [-0.4, -0.2) is 17.7 Å². The minimum atomic E-state index is -0.207. The maximum absolute atomic E-state index is 10.4. The summed E-state index contributed by atoms with van der Waals surface area (Å²) in [6.07, 6.45) is 5.09. The summed E-state index contributed by atoms with van der Waals surface area (Å²) in [4.78, 5) is 10.4. The predicted molar refractivity (Wildman–Crippen MR) is 36.1 cm³/mol. The summed E-state index contributed by atoms with van der Waals surface area (Å²) >= 11 is 1.15. The Balaban J connectivity index is 2.37. The standard InChI is InChI=1S/C6H6O2S/c1-2-5-3-8-6(7)9-4-5/h1,5H,3-4H2. The molecular formula is C6H6O2S. The van der Waals surface area contributed by atoms with Crippen LogP contribution in [-0.2, 0) is 4.74 Å². The zero-order valence-electron chi connectivity index (χ0n) is 4.79. The number of hydrogen-bond acceptors (Lipinski definition) is 3. The number of rotatable bonds is 0. The van der Waals surface area contributed by atoms with Crippen LogP contribution in [0, 0.1) is 18.3 Å². The van der Waals surface area contributed by atoms with Gasteiger partial charge in [0.25, 0.3) is 0 Å². The van der Waals surface area contributed by atoms with Gasteiger partial charge in [0.05, 0.1) is 5.92 Å². The molecule has 1 rings (SSSR count). The Morgan fingerprint density at radius 2 is 2.67 bits per heavy atom. The lowest BCUT2D eigenvalue weighted by molar-refractivity contribution is 0.162. The monoisotopic (exact) mass is 142 g/mol. The summed E-state index contributed by atoms with van der Waals surface area (Å²) in [5, 5.41) is -0.207. The molecular weight excluding hydrogens is 136 g/mol. The van der Waals surface area contributed by atoms with Gasteiger partial charge in [-0.3, -0.25) is 0 Å². The fraction of sp³-hybridized carbons (Fsp3) is 0.500. The van der Waals surface area contributed by atoms with E-state index in [1.54, 1.807) is 0 Å². The second-order valence-electron chi connectivity index (χ2n) is 1.74. The smallest absolute Gasteiger partial charge is 0.367 e. The molecule has 2 nitrogen and oxygen atoms in total. The van der Waals surface area contributed by atoms with Gasteiger partial charge in [-0.25, -0.2) is 4.79 Å². The zero-order valence-corrected chi connectivity index (χ0v) is 5.61. The van der Waals surface area contributed by atoms with Gasteiger partial charge in [-0.2, -0.15) is 0 Å². The van der Waals surface area contributed by atoms with Gasteiger partial charge in [-0.15, -0.1) is 6.42 Å². The lowest BCUT2D eigenvalue weighted by atomic mass is 10.2. The molecule has 0 aromatic carbocycles. The van der Waals surface area contributed by atoms with Crippen LogP contribution in [0.5, 0.6) is 0 Å². The SMILES string of the molecule is C#CC1COC(=O)SC1. The van der Waals surface area contributed by atoms with E-state index in [0.29, 0.717) is 12.4 Å². The number of carbonyl (C=O) groups excluding carboxylic acids is 1. The molecule has 9 heavy (non-hydrogen) atoms. The zero-order chi connectivity index (χ0) is 6.69. The summed E-state index contributed by atoms with van der Waals surface area (Å²) in [6, 6.07) is 0. The number of hydrogen-bond donors (Lipinski definition) is 0. The van der Waals surface area contributed by atoms with Gasteiger partial charge in [0, 0.05) is 5.75 Å². The van der Waals surface area contributed by atoms with Crippen molar-refractivity contribution in [2.75, 3.05) is 12.4 Å². The molecule has 0 radical (unpaired) electrons. The van der Waals surface area contributed by atoms with Crippen molar-refractivity contribution < 1.29 is 9.53 Å².